The summed E-state index contributed by atoms with van der Waals surface area (Å²) < 4.78 is 25.2. The molecule has 0 saturated carbocycles. The van der Waals surface area contributed by atoms with Crippen LogP contribution in [-0.4, -0.2) is 49.7 Å². The number of carbonyl (C=O) groups excluding carboxylic acids is 2. The van der Waals surface area contributed by atoms with Gasteiger partial charge in [0.05, 0.1) is 4.90 Å². The highest BCUT2D eigenvalue weighted by Gasteiger charge is 2.19. The number of pyridine rings is 1. The standard InChI is InChI=1S/C18H22N4O4S/c1-13(17(23)20-12-14-5-4-10-19-11-14)21-18(24)15-6-8-16(9-7-15)27(25,26)22(2)3/h4-11,13H,12H2,1-3H3,(H,20,23)(H,21,24)/t13-/m1/s1. The van der Waals surface area contributed by atoms with E-state index in [2.05, 4.69) is 15.6 Å². The van der Waals surface area contributed by atoms with Gasteiger partial charge in [0.1, 0.15) is 6.04 Å². The molecule has 0 aliphatic carbocycles. The van der Waals surface area contributed by atoms with Crippen LogP contribution >= 0.6 is 0 Å². The van der Waals surface area contributed by atoms with Crippen molar-refractivity contribution in [3.05, 3.63) is 59.9 Å². The van der Waals surface area contributed by atoms with Crippen molar-refractivity contribution in [2.75, 3.05) is 14.1 Å². The van der Waals surface area contributed by atoms with Gasteiger partial charge < -0.3 is 10.6 Å². The Balaban J connectivity index is 1.94. The van der Waals surface area contributed by atoms with E-state index < -0.39 is 22.0 Å². The first-order chi connectivity index (χ1) is 12.7. The van der Waals surface area contributed by atoms with Crippen LogP contribution in [0.2, 0.25) is 0 Å². The molecule has 0 fully saturated rings. The second-order valence-corrected chi connectivity index (χ2v) is 8.24. The van der Waals surface area contributed by atoms with E-state index in [-0.39, 0.29) is 16.4 Å². The smallest absolute Gasteiger partial charge is 0.251 e. The molecule has 1 atom stereocenters. The number of nitrogens with zero attached hydrogens (tertiary/aromatic N) is 2. The van der Waals surface area contributed by atoms with Crippen molar-refractivity contribution < 1.29 is 18.0 Å². The van der Waals surface area contributed by atoms with Crippen LogP contribution < -0.4 is 10.6 Å². The Bertz CT molecular complexity index is 897. The number of benzene rings is 1. The topological polar surface area (TPSA) is 108 Å². The van der Waals surface area contributed by atoms with Gasteiger partial charge in [-0.05, 0) is 42.8 Å². The van der Waals surface area contributed by atoms with E-state index in [4.69, 9.17) is 0 Å². The fraction of sp³-hybridized carbons (Fsp3) is 0.278. The second kappa shape index (κ2) is 8.74. The highest BCUT2D eigenvalue weighted by Crippen LogP contribution is 2.14. The molecule has 144 valence electrons. The third kappa shape index (κ3) is 5.35. The molecule has 2 amide bonds. The molecule has 0 bridgehead atoms. The third-order valence-corrected chi connectivity index (χ3v) is 5.65. The molecule has 0 aliphatic heterocycles. The molecule has 27 heavy (non-hydrogen) atoms. The first kappa shape index (κ1) is 20.5. The van der Waals surface area contributed by atoms with Crippen LogP contribution in [-0.2, 0) is 21.4 Å². The molecular weight excluding hydrogens is 368 g/mol. The molecule has 2 N–H and O–H groups in total. The van der Waals surface area contributed by atoms with Crippen LogP contribution in [0.15, 0.2) is 53.7 Å². The Kier molecular flexibility index (Phi) is 6.65. The Labute approximate surface area is 158 Å². The molecule has 1 aromatic carbocycles. The van der Waals surface area contributed by atoms with Crippen molar-refractivity contribution >= 4 is 21.8 Å². The zero-order valence-electron chi connectivity index (χ0n) is 15.3. The summed E-state index contributed by atoms with van der Waals surface area (Å²) in [7, 11) is -0.693. The van der Waals surface area contributed by atoms with Crippen molar-refractivity contribution in [1.82, 2.24) is 19.9 Å². The van der Waals surface area contributed by atoms with Gasteiger partial charge in [0.2, 0.25) is 15.9 Å². The van der Waals surface area contributed by atoms with Gasteiger partial charge in [0.15, 0.2) is 0 Å². The lowest BCUT2D eigenvalue weighted by atomic mass is 10.2. The minimum Gasteiger partial charge on any atom is -0.350 e. The predicted molar refractivity (Wildman–Crippen MR) is 100 cm³/mol. The van der Waals surface area contributed by atoms with Crippen molar-refractivity contribution in [1.29, 1.82) is 0 Å². The van der Waals surface area contributed by atoms with Crippen molar-refractivity contribution in [2.45, 2.75) is 24.4 Å². The van der Waals surface area contributed by atoms with Gasteiger partial charge in [-0.2, -0.15) is 0 Å². The average molecular weight is 390 g/mol. The minimum absolute atomic E-state index is 0.0892. The monoisotopic (exact) mass is 390 g/mol. The lowest BCUT2D eigenvalue weighted by Gasteiger charge is -2.15. The second-order valence-electron chi connectivity index (χ2n) is 6.09. The van der Waals surface area contributed by atoms with E-state index >= 15 is 0 Å². The molecule has 1 aromatic heterocycles. The molecule has 2 rings (SSSR count). The highest BCUT2D eigenvalue weighted by atomic mass is 32.2. The largest absolute Gasteiger partial charge is 0.350 e. The molecule has 0 spiro atoms. The maximum Gasteiger partial charge on any atom is 0.251 e. The van der Waals surface area contributed by atoms with Crippen molar-refractivity contribution in [3.8, 4) is 0 Å². The molecule has 0 aliphatic rings. The quantitative estimate of drug-likeness (QED) is 0.726. The fourth-order valence-corrected chi connectivity index (χ4v) is 3.08. The summed E-state index contributed by atoms with van der Waals surface area (Å²) in [6.45, 7) is 1.88. The molecule has 0 unspecified atom stereocenters. The number of hydrogen-bond donors (Lipinski definition) is 2. The van der Waals surface area contributed by atoms with E-state index in [1.807, 2.05) is 6.07 Å². The summed E-state index contributed by atoms with van der Waals surface area (Å²) in [4.78, 5) is 28.4. The predicted octanol–water partition coefficient (Wildman–Crippen LogP) is 0.767. The SMILES string of the molecule is C[C@@H](NC(=O)c1ccc(S(=O)(=O)N(C)C)cc1)C(=O)NCc1cccnc1. The zero-order valence-corrected chi connectivity index (χ0v) is 16.2. The summed E-state index contributed by atoms with van der Waals surface area (Å²) in [5, 5.41) is 5.31. The highest BCUT2D eigenvalue weighted by molar-refractivity contribution is 7.89. The van der Waals surface area contributed by atoms with Crippen LogP contribution in [0, 0.1) is 0 Å². The summed E-state index contributed by atoms with van der Waals surface area (Å²) in [5.74, 6) is -0.799. The number of rotatable bonds is 7. The van der Waals surface area contributed by atoms with Crippen LogP contribution in [0.1, 0.15) is 22.8 Å². The molecule has 0 radical (unpaired) electrons. The summed E-state index contributed by atoms with van der Waals surface area (Å²) >= 11 is 0. The van der Waals surface area contributed by atoms with Crippen molar-refractivity contribution in [3.63, 3.8) is 0 Å². The first-order valence-corrected chi connectivity index (χ1v) is 9.66. The lowest BCUT2D eigenvalue weighted by molar-refractivity contribution is -0.122. The molecule has 2 aromatic rings. The lowest BCUT2D eigenvalue weighted by Crippen LogP contribution is -2.44. The maximum atomic E-state index is 12.3. The van der Waals surface area contributed by atoms with Crippen LogP contribution in [0.5, 0.6) is 0 Å². The van der Waals surface area contributed by atoms with E-state index in [9.17, 15) is 18.0 Å². The van der Waals surface area contributed by atoms with Crippen molar-refractivity contribution in [2.24, 2.45) is 0 Å². The summed E-state index contributed by atoms with van der Waals surface area (Å²) in [5.41, 5.74) is 1.11. The Morgan fingerprint density at radius 1 is 1.15 bits per heavy atom. The van der Waals surface area contributed by atoms with Gasteiger partial charge in [0.25, 0.3) is 5.91 Å². The van der Waals surface area contributed by atoms with E-state index in [0.717, 1.165) is 9.87 Å². The van der Waals surface area contributed by atoms with Crippen LogP contribution in [0.25, 0.3) is 0 Å². The number of aromatic nitrogens is 1. The minimum atomic E-state index is -3.56. The number of carbonyl (C=O) groups is 2. The zero-order chi connectivity index (χ0) is 20.0. The summed E-state index contributed by atoms with van der Waals surface area (Å²) in [6, 6.07) is 8.39. The normalized spacial score (nSPS) is 12.4. The molecular formula is C18H22N4O4S. The number of amides is 2. The first-order valence-electron chi connectivity index (χ1n) is 8.22. The molecule has 8 nitrogen and oxygen atoms in total. The van der Waals surface area contributed by atoms with E-state index in [1.54, 1.807) is 25.4 Å². The van der Waals surface area contributed by atoms with Gasteiger partial charge in [-0.25, -0.2) is 12.7 Å². The average Bonchev–Trinajstić information content (AvgIpc) is 2.66. The van der Waals surface area contributed by atoms with Gasteiger partial charge in [-0.3, -0.25) is 14.6 Å². The number of nitrogens with one attached hydrogen (secondary N) is 2. The van der Waals surface area contributed by atoms with Gasteiger partial charge >= 0.3 is 0 Å². The molecule has 1 heterocycles. The van der Waals surface area contributed by atoms with E-state index in [0.29, 0.717) is 6.54 Å². The third-order valence-electron chi connectivity index (χ3n) is 3.83. The summed E-state index contributed by atoms with van der Waals surface area (Å²) in [6.07, 6.45) is 3.29. The molecule has 0 saturated heterocycles. The fourth-order valence-electron chi connectivity index (χ4n) is 2.18. The van der Waals surface area contributed by atoms with Gasteiger partial charge in [0, 0.05) is 38.6 Å². The Hall–Kier alpha value is -2.78. The van der Waals surface area contributed by atoms with Crippen LogP contribution in [0.3, 0.4) is 0 Å². The Morgan fingerprint density at radius 3 is 2.37 bits per heavy atom. The van der Waals surface area contributed by atoms with Crippen LogP contribution in [0.4, 0.5) is 0 Å². The van der Waals surface area contributed by atoms with Gasteiger partial charge in [-0.15, -0.1) is 0 Å². The maximum absolute atomic E-state index is 12.3. The molecule has 9 heteroatoms. The Morgan fingerprint density at radius 2 is 1.81 bits per heavy atom. The number of sulfonamides is 1. The van der Waals surface area contributed by atoms with Gasteiger partial charge in [-0.1, -0.05) is 6.07 Å². The van der Waals surface area contributed by atoms with E-state index in [1.165, 1.54) is 38.4 Å². The number of hydrogen-bond acceptors (Lipinski definition) is 5.